The fraction of sp³-hybridized carbons (Fsp3) is 0.556. The summed E-state index contributed by atoms with van der Waals surface area (Å²) in [5.41, 5.74) is 7.55. The summed E-state index contributed by atoms with van der Waals surface area (Å²) in [7, 11) is 1.63. The fourth-order valence-electron chi connectivity index (χ4n) is 0.660. The van der Waals surface area contributed by atoms with Crippen molar-refractivity contribution >= 4 is 0 Å². The maximum absolute atomic E-state index is 5.56. The molecule has 2 heteroatoms. The quantitative estimate of drug-likeness (QED) is 0.501. The van der Waals surface area contributed by atoms with E-state index in [1.54, 1.807) is 7.11 Å². The summed E-state index contributed by atoms with van der Waals surface area (Å²) in [5, 5.41) is 0. The minimum Gasteiger partial charge on any atom is -0.495 e. The van der Waals surface area contributed by atoms with Crippen LogP contribution in [-0.2, 0) is 4.74 Å². The van der Waals surface area contributed by atoms with Crippen LogP contribution in [0.15, 0.2) is 23.1 Å². The molecule has 0 aliphatic rings. The second-order valence-electron chi connectivity index (χ2n) is 2.60. The van der Waals surface area contributed by atoms with Gasteiger partial charge < -0.3 is 10.5 Å². The Morgan fingerprint density at radius 3 is 2.27 bits per heavy atom. The first-order valence-electron chi connectivity index (χ1n) is 3.79. The van der Waals surface area contributed by atoms with Gasteiger partial charge in [0.05, 0.1) is 7.11 Å². The highest BCUT2D eigenvalue weighted by atomic mass is 16.5. The second-order valence-corrected chi connectivity index (χ2v) is 2.60. The van der Waals surface area contributed by atoms with E-state index in [-0.39, 0.29) is 0 Å². The third-order valence-electron chi connectivity index (χ3n) is 1.54. The van der Waals surface area contributed by atoms with E-state index in [1.165, 1.54) is 5.57 Å². The van der Waals surface area contributed by atoms with E-state index >= 15 is 0 Å². The summed E-state index contributed by atoms with van der Waals surface area (Å²) in [4.78, 5) is 0. The number of methoxy groups -OCH3 is 1. The summed E-state index contributed by atoms with van der Waals surface area (Å²) >= 11 is 0. The molecule has 0 amide bonds. The zero-order valence-electron chi connectivity index (χ0n) is 7.77. The number of ether oxygens (including phenoxy) is 1. The highest BCUT2D eigenvalue weighted by molar-refractivity contribution is 5.20. The van der Waals surface area contributed by atoms with Gasteiger partial charge in [-0.25, -0.2) is 0 Å². The van der Waals surface area contributed by atoms with Crippen molar-refractivity contribution in [3.63, 3.8) is 0 Å². The lowest BCUT2D eigenvalue weighted by atomic mass is 10.2. The van der Waals surface area contributed by atoms with Crippen molar-refractivity contribution in [2.45, 2.75) is 27.2 Å². The van der Waals surface area contributed by atoms with Crippen LogP contribution < -0.4 is 5.73 Å². The Morgan fingerprint density at radius 1 is 1.45 bits per heavy atom. The molecule has 0 heterocycles. The fourth-order valence-corrected chi connectivity index (χ4v) is 0.660. The Kier molecular flexibility index (Phi) is 4.42. The van der Waals surface area contributed by atoms with E-state index in [4.69, 9.17) is 10.5 Å². The molecule has 2 N–H and O–H groups in total. The van der Waals surface area contributed by atoms with Crippen LogP contribution >= 0.6 is 0 Å². The normalized spacial score (nSPS) is 14.4. The zero-order valence-corrected chi connectivity index (χ0v) is 7.77. The van der Waals surface area contributed by atoms with Crippen molar-refractivity contribution in [1.29, 1.82) is 0 Å². The van der Waals surface area contributed by atoms with Gasteiger partial charge in [-0.2, -0.15) is 0 Å². The Morgan fingerprint density at radius 2 is 2.00 bits per heavy atom. The SMILES string of the molecule is CC/C(C)=C\C(OC)=C(/C)N. The highest BCUT2D eigenvalue weighted by Crippen LogP contribution is 2.07. The average molecular weight is 155 g/mol. The van der Waals surface area contributed by atoms with Crippen molar-refractivity contribution in [2.24, 2.45) is 5.73 Å². The van der Waals surface area contributed by atoms with Gasteiger partial charge in [-0.05, 0) is 26.3 Å². The van der Waals surface area contributed by atoms with Crippen molar-refractivity contribution in [1.82, 2.24) is 0 Å². The van der Waals surface area contributed by atoms with Crippen LogP contribution in [0.25, 0.3) is 0 Å². The Bertz CT molecular complexity index is 176. The van der Waals surface area contributed by atoms with Gasteiger partial charge in [0, 0.05) is 5.70 Å². The van der Waals surface area contributed by atoms with Crippen LogP contribution in [0.4, 0.5) is 0 Å². The third kappa shape index (κ3) is 3.71. The van der Waals surface area contributed by atoms with Gasteiger partial charge in [0.25, 0.3) is 0 Å². The molecule has 0 saturated heterocycles. The predicted molar refractivity (Wildman–Crippen MR) is 47.9 cm³/mol. The molecule has 0 aliphatic heterocycles. The molecule has 0 radical (unpaired) electrons. The molecule has 0 rings (SSSR count). The molecule has 0 aromatic carbocycles. The molecule has 11 heavy (non-hydrogen) atoms. The lowest BCUT2D eigenvalue weighted by Crippen LogP contribution is -1.98. The summed E-state index contributed by atoms with van der Waals surface area (Å²) in [6.45, 7) is 5.99. The topological polar surface area (TPSA) is 35.2 Å². The first-order valence-corrected chi connectivity index (χ1v) is 3.79. The molecule has 0 aromatic heterocycles. The average Bonchev–Trinajstić information content (AvgIpc) is 1.99. The molecule has 0 atom stereocenters. The van der Waals surface area contributed by atoms with E-state index < -0.39 is 0 Å². The first-order chi connectivity index (χ1) is 5.11. The summed E-state index contributed by atoms with van der Waals surface area (Å²) in [6.07, 6.45) is 3.00. The van der Waals surface area contributed by atoms with E-state index in [0.717, 1.165) is 17.9 Å². The molecular formula is C9H17NO. The number of hydrogen-bond donors (Lipinski definition) is 1. The Balaban J connectivity index is 4.44. The first kappa shape index (κ1) is 10.1. The van der Waals surface area contributed by atoms with Crippen LogP contribution in [0.1, 0.15) is 27.2 Å². The van der Waals surface area contributed by atoms with Crippen LogP contribution in [0, 0.1) is 0 Å². The van der Waals surface area contributed by atoms with Gasteiger partial charge in [-0.3, -0.25) is 0 Å². The van der Waals surface area contributed by atoms with Crippen molar-refractivity contribution < 1.29 is 4.74 Å². The predicted octanol–water partition coefficient (Wildman–Crippen LogP) is 2.18. The van der Waals surface area contributed by atoms with Crippen LogP contribution in [0.3, 0.4) is 0 Å². The Hall–Kier alpha value is -0.920. The van der Waals surface area contributed by atoms with Gasteiger partial charge >= 0.3 is 0 Å². The summed E-state index contributed by atoms with van der Waals surface area (Å²) in [6, 6.07) is 0. The largest absolute Gasteiger partial charge is 0.495 e. The van der Waals surface area contributed by atoms with Crippen molar-refractivity contribution in [3.05, 3.63) is 23.1 Å². The Labute approximate surface area is 68.7 Å². The number of hydrogen-bond acceptors (Lipinski definition) is 2. The molecule has 0 spiro atoms. The molecule has 2 nitrogen and oxygen atoms in total. The minimum absolute atomic E-state index is 0.723. The van der Waals surface area contributed by atoms with Gasteiger partial charge in [-0.15, -0.1) is 0 Å². The van der Waals surface area contributed by atoms with E-state index in [1.807, 2.05) is 13.0 Å². The standard InChI is InChI=1S/C9H17NO/c1-5-7(2)6-9(11-4)8(3)10/h6H,5,10H2,1-4H3/b7-6-,9-8-. The van der Waals surface area contributed by atoms with Gasteiger partial charge in [0.15, 0.2) is 0 Å². The molecule has 0 aliphatic carbocycles. The van der Waals surface area contributed by atoms with Crippen molar-refractivity contribution in [3.8, 4) is 0 Å². The molecular weight excluding hydrogens is 138 g/mol. The molecule has 0 unspecified atom stereocenters. The van der Waals surface area contributed by atoms with E-state index in [0.29, 0.717) is 0 Å². The van der Waals surface area contributed by atoms with Crippen LogP contribution in [-0.4, -0.2) is 7.11 Å². The summed E-state index contributed by atoms with van der Waals surface area (Å²) < 4.78 is 5.06. The monoisotopic (exact) mass is 155 g/mol. The van der Waals surface area contributed by atoms with Crippen LogP contribution in [0.5, 0.6) is 0 Å². The highest BCUT2D eigenvalue weighted by Gasteiger charge is 1.94. The zero-order chi connectivity index (χ0) is 8.85. The molecule has 64 valence electrons. The van der Waals surface area contributed by atoms with Gasteiger partial charge in [0.1, 0.15) is 5.76 Å². The number of nitrogens with two attached hydrogens (primary N) is 1. The maximum Gasteiger partial charge on any atom is 0.137 e. The van der Waals surface area contributed by atoms with Crippen LogP contribution in [0.2, 0.25) is 0 Å². The lowest BCUT2D eigenvalue weighted by molar-refractivity contribution is 0.301. The van der Waals surface area contributed by atoms with E-state index in [9.17, 15) is 0 Å². The molecule has 0 bridgehead atoms. The maximum atomic E-state index is 5.56. The summed E-state index contributed by atoms with van der Waals surface area (Å²) in [5.74, 6) is 0.768. The molecule has 0 saturated carbocycles. The number of allylic oxidation sites excluding steroid dienone is 3. The number of rotatable bonds is 3. The van der Waals surface area contributed by atoms with Gasteiger partial charge in [-0.1, -0.05) is 12.5 Å². The van der Waals surface area contributed by atoms with Gasteiger partial charge in [0.2, 0.25) is 0 Å². The third-order valence-corrected chi connectivity index (χ3v) is 1.54. The molecule has 0 aromatic rings. The lowest BCUT2D eigenvalue weighted by Gasteiger charge is -2.03. The smallest absolute Gasteiger partial charge is 0.137 e. The molecule has 0 fully saturated rings. The van der Waals surface area contributed by atoms with E-state index in [2.05, 4.69) is 13.8 Å². The minimum atomic E-state index is 0.723. The van der Waals surface area contributed by atoms with Crippen molar-refractivity contribution in [2.75, 3.05) is 7.11 Å². The second kappa shape index (κ2) is 4.83.